The summed E-state index contributed by atoms with van der Waals surface area (Å²) in [5, 5.41) is 0. The van der Waals surface area contributed by atoms with Gasteiger partial charge in [0.1, 0.15) is 11.1 Å². The largest absolute Gasteiger partial charge is 0.440 e. The van der Waals surface area contributed by atoms with E-state index in [1.165, 1.54) is 0 Å². The molecule has 4 atom stereocenters. The maximum atomic E-state index is 6.20. The molecule has 0 N–H and O–H groups in total. The zero-order valence-corrected chi connectivity index (χ0v) is 17.1. The van der Waals surface area contributed by atoms with Gasteiger partial charge in [-0.05, 0) is 25.0 Å². The van der Waals surface area contributed by atoms with Crippen molar-refractivity contribution in [2.24, 2.45) is 0 Å². The number of hydrogen-bond acceptors (Lipinski definition) is 4. The Kier molecular flexibility index (Phi) is 10.2. The number of benzene rings is 2. The molecule has 0 spiro atoms. The molecule has 0 radical (unpaired) electrons. The molecule has 0 amide bonds. The predicted molar refractivity (Wildman–Crippen MR) is 110 cm³/mol. The summed E-state index contributed by atoms with van der Waals surface area (Å²) in [6.07, 6.45) is -0.591. The number of ether oxygens (including phenoxy) is 2. The highest BCUT2D eigenvalue weighted by atomic mass is 35.5. The van der Waals surface area contributed by atoms with Gasteiger partial charge in [0.05, 0.1) is 25.4 Å². The Morgan fingerprint density at radius 3 is 1.44 bits per heavy atom. The van der Waals surface area contributed by atoms with Crippen LogP contribution in [0, 0.1) is 0 Å². The molecule has 0 heterocycles. The minimum Gasteiger partial charge on any atom is -0.395 e. The van der Waals surface area contributed by atoms with Crippen LogP contribution in [0.2, 0.25) is 0 Å². The minimum absolute atomic E-state index is 0.0413. The number of hydrogen-bond donors (Lipinski definition) is 0. The zero-order chi connectivity index (χ0) is 19.5. The zero-order valence-electron chi connectivity index (χ0n) is 15.6. The first kappa shape index (κ1) is 22.2. The first-order valence-corrected chi connectivity index (χ1v) is 9.76. The smallest absolute Gasteiger partial charge is 0.395 e. The lowest BCUT2D eigenvalue weighted by Crippen LogP contribution is -2.30. The summed E-state index contributed by atoms with van der Waals surface area (Å²) >= 11 is 12.4. The van der Waals surface area contributed by atoms with Crippen LogP contribution < -0.4 is 0 Å². The number of rotatable bonds is 12. The van der Waals surface area contributed by atoms with Gasteiger partial charge in [-0.1, -0.05) is 83.9 Å². The van der Waals surface area contributed by atoms with Crippen molar-refractivity contribution in [3.63, 3.8) is 0 Å². The highest BCUT2D eigenvalue weighted by Crippen LogP contribution is 2.14. The number of alkyl halides is 2. The first-order valence-electron chi connectivity index (χ1n) is 8.88. The van der Waals surface area contributed by atoms with Crippen LogP contribution in [-0.4, -0.2) is 31.0 Å². The second-order valence-corrected chi connectivity index (χ2v) is 7.02. The third-order valence-corrected chi connectivity index (χ3v) is 4.87. The SMILES string of the molecule is CC(OCc1ccccc1)C(Cl)OBOC(Cl)C(C)OCc1ccccc1. The molecule has 0 aliphatic rings. The van der Waals surface area contributed by atoms with Gasteiger partial charge in [-0.25, -0.2) is 0 Å². The van der Waals surface area contributed by atoms with E-state index < -0.39 is 11.1 Å². The van der Waals surface area contributed by atoms with E-state index in [2.05, 4.69) is 0 Å². The van der Waals surface area contributed by atoms with Crippen LogP contribution in [-0.2, 0) is 32.0 Å². The van der Waals surface area contributed by atoms with Crippen molar-refractivity contribution in [1.29, 1.82) is 0 Å². The van der Waals surface area contributed by atoms with Gasteiger partial charge >= 0.3 is 7.69 Å². The summed E-state index contributed by atoms with van der Waals surface area (Å²) in [6.45, 7) is 4.64. The summed E-state index contributed by atoms with van der Waals surface area (Å²) in [7, 11) is -0.0413. The molecule has 146 valence electrons. The molecule has 0 aliphatic heterocycles. The second-order valence-electron chi connectivity index (χ2n) is 6.16. The third-order valence-electron chi connectivity index (χ3n) is 3.90. The summed E-state index contributed by atoms with van der Waals surface area (Å²) in [5.41, 5.74) is 0.876. The van der Waals surface area contributed by atoms with Gasteiger partial charge in [0, 0.05) is 0 Å². The monoisotopic (exact) mass is 410 g/mol. The fraction of sp³-hybridized carbons (Fsp3) is 0.400. The van der Waals surface area contributed by atoms with Crippen LogP contribution in [0.4, 0.5) is 0 Å². The Balaban J connectivity index is 1.60. The maximum absolute atomic E-state index is 6.20. The molecular formula is C20H25BCl2O4. The predicted octanol–water partition coefficient (Wildman–Crippen LogP) is 4.63. The number of halogens is 2. The average Bonchev–Trinajstić information content (AvgIpc) is 2.71. The molecular weight excluding hydrogens is 386 g/mol. The minimum atomic E-state index is -0.641. The lowest BCUT2D eigenvalue weighted by atomic mass is 10.2. The van der Waals surface area contributed by atoms with E-state index in [0.717, 1.165) is 11.1 Å². The van der Waals surface area contributed by atoms with E-state index in [-0.39, 0.29) is 19.9 Å². The first-order chi connectivity index (χ1) is 13.1. The molecule has 0 bridgehead atoms. The molecule has 4 nitrogen and oxygen atoms in total. The maximum Gasteiger partial charge on any atom is 0.440 e. The molecule has 0 aromatic heterocycles. The Bertz CT molecular complexity index is 577. The highest BCUT2D eigenvalue weighted by molar-refractivity contribution is 6.27. The molecule has 7 heteroatoms. The molecule has 4 unspecified atom stereocenters. The molecule has 0 fully saturated rings. The standard InChI is InChI=1S/C20H25BCl2O4/c1-15(24-13-17-9-5-3-6-10-17)19(22)26-21-27-20(23)16(2)25-14-18-11-7-4-8-12-18/h3-12,15-16,19-21H,13-14H2,1-2H3. The lowest BCUT2D eigenvalue weighted by Gasteiger charge is -2.22. The summed E-state index contributed by atoms with van der Waals surface area (Å²) in [4.78, 5) is 0. The summed E-state index contributed by atoms with van der Waals surface area (Å²) < 4.78 is 22.3. The van der Waals surface area contributed by atoms with E-state index in [1.54, 1.807) is 0 Å². The van der Waals surface area contributed by atoms with E-state index in [9.17, 15) is 0 Å². The molecule has 0 saturated heterocycles. The van der Waals surface area contributed by atoms with Crippen LogP contribution in [0.15, 0.2) is 60.7 Å². The van der Waals surface area contributed by atoms with E-state index >= 15 is 0 Å². The molecule has 27 heavy (non-hydrogen) atoms. The molecule has 2 aromatic carbocycles. The Hall–Kier alpha value is -1.08. The van der Waals surface area contributed by atoms with E-state index in [4.69, 9.17) is 42.0 Å². The van der Waals surface area contributed by atoms with E-state index in [1.807, 2.05) is 74.5 Å². The van der Waals surface area contributed by atoms with Gasteiger partial charge in [-0.2, -0.15) is 0 Å². The molecule has 0 saturated carbocycles. The van der Waals surface area contributed by atoms with Crippen LogP contribution in [0.25, 0.3) is 0 Å². The molecule has 0 aliphatic carbocycles. The van der Waals surface area contributed by atoms with Crippen molar-refractivity contribution in [2.45, 2.75) is 50.4 Å². The van der Waals surface area contributed by atoms with Crippen LogP contribution in [0.3, 0.4) is 0 Å². The van der Waals surface area contributed by atoms with Gasteiger partial charge in [0.2, 0.25) is 0 Å². The van der Waals surface area contributed by atoms with Gasteiger partial charge in [-0.15, -0.1) is 0 Å². The van der Waals surface area contributed by atoms with Crippen molar-refractivity contribution >= 4 is 30.9 Å². The van der Waals surface area contributed by atoms with Crippen LogP contribution in [0.1, 0.15) is 25.0 Å². The van der Waals surface area contributed by atoms with E-state index in [0.29, 0.717) is 13.2 Å². The Morgan fingerprint density at radius 1 is 0.704 bits per heavy atom. The Labute approximate surface area is 172 Å². The van der Waals surface area contributed by atoms with Gasteiger partial charge in [0.15, 0.2) is 0 Å². The van der Waals surface area contributed by atoms with Crippen LogP contribution in [0.5, 0.6) is 0 Å². The fourth-order valence-electron chi connectivity index (χ4n) is 2.20. The summed E-state index contributed by atoms with van der Waals surface area (Å²) in [5.74, 6) is 0. The quantitative estimate of drug-likeness (QED) is 0.377. The van der Waals surface area contributed by atoms with Crippen molar-refractivity contribution < 1.29 is 18.8 Å². The van der Waals surface area contributed by atoms with Crippen molar-refractivity contribution in [1.82, 2.24) is 0 Å². The highest BCUT2D eigenvalue weighted by Gasteiger charge is 2.20. The Morgan fingerprint density at radius 2 is 1.07 bits per heavy atom. The van der Waals surface area contributed by atoms with Crippen molar-refractivity contribution in [3.05, 3.63) is 71.8 Å². The van der Waals surface area contributed by atoms with Crippen molar-refractivity contribution in [2.75, 3.05) is 0 Å². The summed E-state index contributed by atoms with van der Waals surface area (Å²) in [6, 6.07) is 19.8. The average molecular weight is 411 g/mol. The van der Waals surface area contributed by atoms with Gasteiger partial charge in [-0.3, -0.25) is 0 Å². The van der Waals surface area contributed by atoms with Crippen molar-refractivity contribution in [3.8, 4) is 0 Å². The van der Waals surface area contributed by atoms with Gasteiger partial charge in [0.25, 0.3) is 0 Å². The second kappa shape index (κ2) is 12.4. The fourth-order valence-corrected chi connectivity index (χ4v) is 2.44. The lowest BCUT2D eigenvalue weighted by molar-refractivity contribution is -0.0161. The molecule has 2 rings (SSSR count). The topological polar surface area (TPSA) is 36.9 Å². The molecule has 2 aromatic rings. The normalized spacial score (nSPS) is 15.7. The van der Waals surface area contributed by atoms with Gasteiger partial charge < -0.3 is 18.8 Å². The third kappa shape index (κ3) is 8.65. The van der Waals surface area contributed by atoms with Crippen LogP contribution >= 0.6 is 23.2 Å².